The van der Waals surface area contributed by atoms with Gasteiger partial charge in [0.15, 0.2) is 0 Å². The number of nitrogens with two attached hydrogens (primary N) is 1. The van der Waals surface area contributed by atoms with Gasteiger partial charge < -0.3 is 5.73 Å². The van der Waals surface area contributed by atoms with Crippen molar-refractivity contribution in [1.82, 2.24) is 0 Å². The molecule has 2 N–H and O–H groups in total. The van der Waals surface area contributed by atoms with Gasteiger partial charge in [0, 0.05) is 15.0 Å². The predicted molar refractivity (Wildman–Crippen MR) is 91.4 cm³/mol. The lowest BCUT2D eigenvalue weighted by molar-refractivity contribution is 0.540. The van der Waals surface area contributed by atoms with E-state index in [1.54, 1.807) is 0 Å². The van der Waals surface area contributed by atoms with E-state index in [4.69, 9.17) is 5.73 Å². The summed E-state index contributed by atoms with van der Waals surface area (Å²) in [5, 5.41) is 0. The summed E-state index contributed by atoms with van der Waals surface area (Å²) in [6.45, 7) is 2.26. The molecule has 0 fully saturated rings. The van der Waals surface area contributed by atoms with Gasteiger partial charge in [-0.3, -0.25) is 0 Å². The van der Waals surface area contributed by atoms with E-state index >= 15 is 0 Å². The maximum Gasteiger partial charge on any atom is 0.0306 e. The summed E-state index contributed by atoms with van der Waals surface area (Å²) in [4.78, 5) is 0. The highest BCUT2D eigenvalue weighted by atomic mass is 79.9. The number of hydrogen-bond donors (Lipinski definition) is 1. The molecule has 3 heteroatoms. The topological polar surface area (TPSA) is 26.0 Å². The van der Waals surface area contributed by atoms with Gasteiger partial charge in [-0.15, -0.1) is 0 Å². The highest BCUT2D eigenvalue weighted by Gasteiger charge is 2.10. The minimum Gasteiger partial charge on any atom is -0.324 e. The maximum absolute atomic E-state index is 6.28. The van der Waals surface area contributed by atoms with E-state index in [1.807, 2.05) is 6.07 Å². The van der Waals surface area contributed by atoms with E-state index in [-0.39, 0.29) is 6.04 Å². The summed E-state index contributed by atoms with van der Waals surface area (Å²) >= 11 is 7.09. The summed E-state index contributed by atoms with van der Waals surface area (Å²) < 4.78 is 2.21. The van der Waals surface area contributed by atoms with Gasteiger partial charge >= 0.3 is 0 Å². The van der Waals surface area contributed by atoms with Crippen LogP contribution in [0.4, 0.5) is 0 Å². The predicted octanol–water partition coefficient (Wildman–Crippen LogP) is 6.35. The Labute approximate surface area is 134 Å². The fraction of sp³-hybridized carbons (Fsp3) is 0.625. The lowest BCUT2D eigenvalue weighted by Gasteiger charge is -2.14. The van der Waals surface area contributed by atoms with Gasteiger partial charge in [-0.1, -0.05) is 83.7 Å². The average Bonchev–Trinajstić information content (AvgIpc) is 2.40. The largest absolute Gasteiger partial charge is 0.324 e. The molecule has 1 nitrogen and oxygen atoms in total. The molecule has 108 valence electrons. The van der Waals surface area contributed by atoms with Crippen LogP contribution in [0.5, 0.6) is 0 Å². The third-order valence-corrected chi connectivity index (χ3v) is 4.69. The average molecular weight is 391 g/mol. The molecule has 0 aliphatic rings. The van der Waals surface area contributed by atoms with Crippen molar-refractivity contribution in [2.45, 2.75) is 64.3 Å². The number of rotatable bonds is 9. The van der Waals surface area contributed by atoms with Crippen LogP contribution in [0.2, 0.25) is 0 Å². The quantitative estimate of drug-likeness (QED) is 0.488. The Kier molecular flexibility index (Phi) is 9.01. The SMILES string of the molecule is CCCCCCCCCC(N)c1cc(Br)ccc1Br. The first kappa shape index (κ1) is 17.2. The van der Waals surface area contributed by atoms with Gasteiger partial charge in [0.1, 0.15) is 0 Å². The molecule has 0 aliphatic heterocycles. The van der Waals surface area contributed by atoms with Gasteiger partial charge in [-0.25, -0.2) is 0 Å². The van der Waals surface area contributed by atoms with Crippen LogP contribution in [0.1, 0.15) is 69.9 Å². The maximum atomic E-state index is 6.28. The van der Waals surface area contributed by atoms with E-state index < -0.39 is 0 Å². The van der Waals surface area contributed by atoms with E-state index in [0.717, 1.165) is 15.4 Å². The van der Waals surface area contributed by atoms with Crippen molar-refractivity contribution < 1.29 is 0 Å². The molecule has 1 aromatic rings. The van der Waals surface area contributed by atoms with Gasteiger partial charge in [0.2, 0.25) is 0 Å². The van der Waals surface area contributed by atoms with Crippen molar-refractivity contribution in [3.05, 3.63) is 32.7 Å². The molecule has 0 aliphatic carbocycles. The van der Waals surface area contributed by atoms with Crippen LogP contribution in [0.15, 0.2) is 27.1 Å². The van der Waals surface area contributed by atoms with Gasteiger partial charge in [0.25, 0.3) is 0 Å². The zero-order valence-corrected chi connectivity index (χ0v) is 15.0. The summed E-state index contributed by atoms with van der Waals surface area (Å²) in [5.41, 5.74) is 7.48. The summed E-state index contributed by atoms with van der Waals surface area (Å²) in [6, 6.07) is 6.36. The molecule has 19 heavy (non-hydrogen) atoms. The minimum atomic E-state index is 0.141. The molecule has 0 saturated carbocycles. The van der Waals surface area contributed by atoms with Crippen molar-refractivity contribution in [2.24, 2.45) is 5.73 Å². The van der Waals surface area contributed by atoms with Gasteiger partial charge in [0.05, 0.1) is 0 Å². The van der Waals surface area contributed by atoms with E-state index in [2.05, 4.69) is 50.9 Å². The molecule has 0 radical (unpaired) electrons. The van der Waals surface area contributed by atoms with Crippen LogP contribution in [0, 0.1) is 0 Å². The van der Waals surface area contributed by atoms with E-state index in [9.17, 15) is 0 Å². The van der Waals surface area contributed by atoms with Crippen LogP contribution in [0.3, 0.4) is 0 Å². The Balaban J connectivity index is 2.23. The second-order valence-electron chi connectivity index (χ2n) is 5.18. The lowest BCUT2D eigenvalue weighted by Crippen LogP contribution is -2.10. The molecule has 0 saturated heterocycles. The van der Waals surface area contributed by atoms with Crippen LogP contribution in [-0.4, -0.2) is 0 Å². The first-order chi connectivity index (χ1) is 9.15. The van der Waals surface area contributed by atoms with Crippen molar-refractivity contribution >= 4 is 31.9 Å². The lowest BCUT2D eigenvalue weighted by atomic mass is 10.0. The molecule has 0 bridgehead atoms. The number of benzene rings is 1. The minimum absolute atomic E-state index is 0.141. The Morgan fingerprint density at radius 3 is 2.32 bits per heavy atom. The van der Waals surface area contributed by atoms with Gasteiger partial charge in [-0.05, 0) is 30.2 Å². The fourth-order valence-electron chi connectivity index (χ4n) is 2.28. The number of hydrogen-bond acceptors (Lipinski definition) is 1. The zero-order chi connectivity index (χ0) is 14.1. The fourth-order valence-corrected chi connectivity index (χ4v) is 3.20. The third kappa shape index (κ3) is 6.92. The van der Waals surface area contributed by atoms with Crippen LogP contribution in [0.25, 0.3) is 0 Å². The normalized spacial score (nSPS) is 12.6. The molecule has 1 unspecified atom stereocenters. The second kappa shape index (κ2) is 9.95. The molecule has 0 amide bonds. The van der Waals surface area contributed by atoms with Crippen LogP contribution < -0.4 is 5.73 Å². The van der Waals surface area contributed by atoms with E-state index in [0.29, 0.717) is 0 Å². The third-order valence-electron chi connectivity index (χ3n) is 3.48. The molecule has 0 heterocycles. The summed E-state index contributed by atoms with van der Waals surface area (Å²) in [7, 11) is 0. The van der Waals surface area contributed by atoms with Crippen molar-refractivity contribution in [1.29, 1.82) is 0 Å². The first-order valence-corrected chi connectivity index (χ1v) is 8.94. The monoisotopic (exact) mass is 389 g/mol. The van der Waals surface area contributed by atoms with Crippen molar-refractivity contribution in [3.8, 4) is 0 Å². The highest BCUT2D eigenvalue weighted by molar-refractivity contribution is 9.11. The molecule has 1 rings (SSSR count). The smallest absolute Gasteiger partial charge is 0.0306 e. The molecular formula is C16H25Br2N. The Hall–Kier alpha value is 0.140. The molecule has 0 spiro atoms. The van der Waals surface area contributed by atoms with Gasteiger partial charge in [-0.2, -0.15) is 0 Å². The molecule has 1 atom stereocenters. The van der Waals surface area contributed by atoms with Crippen molar-refractivity contribution in [2.75, 3.05) is 0 Å². The molecule has 1 aromatic carbocycles. The number of halogens is 2. The molecular weight excluding hydrogens is 366 g/mol. The highest BCUT2D eigenvalue weighted by Crippen LogP contribution is 2.28. The summed E-state index contributed by atoms with van der Waals surface area (Å²) in [5.74, 6) is 0. The zero-order valence-electron chi connectivity index (χ0n) is 11.8. The Bertz CT molecular complexity index is 366. The number of unbranched alkanes of at least 4 members (excludes halogenated alkanes) is 6. The van der Waals surface area contributed by atoms with Crippen LogP contribution in [-0.2, 0) is 0 Å². The standard InChI is InChI=1S/C16H25Br2N/c1-2-3-4-5-6-7-8-9-16(19)14-12-13(17)10-11-15(14)18/h10-12,16H,2-9,19H2,1H3. The Morgan fingerprint density at radius 2 is 1.63 bits per heavy atom. The summed E-state index contributed by atoms with van der Waals surface area (Å²) in [6.07, 6.45) is 10.4. The van der Waals surface area contributed by atoms with Crippen molar-refractivity contribution in [3.63, 3.8) is 0 Å². The second-order valence-corrected chi connectivity index (χ2v) is 6.95. The van der Waals surface area contributed by atoms with Crippen LogP contribution >= 0.6 is 31.9 Å². The van der Waals surface area contributed by atoms with E-state index in [1.165, 1.54) is 50.5 Å². The molecule has 0 aromatic heterocycles. The Morgan fingerprint density at radius 1 is 1.00 bits per heavy atom. The first-order valence-electron chi connectivity index (χ1n) is 7.35.